The molecule has 5 rings (SSSR count). The number of benzene rings is 2. The number of urea groups is 1. The Bertz CT molecular complexity index is 1580. The van der Waals surface area contributed by atoms with Gasteiger partial charge in [-0.15, -0.1) is 11.3 Å². The number of amides is 3. The molecule has 1 fully saturated rings. The fourth-order valence-corrected chi connectivity index (χ4v) is 5.62. The highest BCUT2D eigenvalue weighted by Crippen LogP contribution is 2.27. The van der Waals surface area contributed by atoms with Gasteiger partial charge in [-0.3, -0.25) is 4.79 Å². The zero-order chi connectivity index (χ0) is 29.8. The number of ether oxygens (including phenoxy) is 2. The molecule has 11 nitrogen and oxygen atoms in total. The van der Waals surface area contributed by atoms with Crippen molar-refractivity contribution in [1.29, 1.82) is 0 Å². The molecule has 1 atom stereocenters. The number of anilines is 1. The van der Waals surface area contributed by atoms with Crippen LogP contribution in [-0.2, 0) is 4.74 Å². The number of hydrogen-bond donors (Lipinski definition) is 1. The van der Waals surface area contributed by atoms with Crippen molar-refractivity contribution in [1.82, 2.24) is 24.6 Å². The SMILES string of the molecule is CCOC(=O)c1ccc(NC(=O)N2CCN(C(=O)c3cnn(-c4nc(-c5ccc(OC)cc5)cs4)c3C)CC2C)cc1. The predicted molar refractivity (Wildman–Crippen MR) is 159 cm³/mol. The lowest BCUT2D eigenvalue weighted by atomic mass is 10.1. The van der Waals surface area contributed by atoms with Gasteiger partial charge in [0.15, 0.2) is 0 Å². The Morgan fingerprint density at radius 3 is 2.48 bits per heavy atom. The van der Waals surface area contributed by atoms with Gasteiger partial charge in [-0.25, -0.2) is 19.3 Å². The van der Waals surface area contributed by atoms with Gasteiger partial charge < -0.3 is 24.6 Å². The molecule has 2 aromatic carbocycles. The van der Waals surface area contributed by atoms with E-state index in [2.05, 4.69) is 10.4 Å². The Kier molecular flexibility index (Phi) is 8.53. The molecule has 0 aliphatic carbocycles. The van der Waals surface area contributed by atoms with Crippen LogP contribution in [0.3, 0.4) is 0 Å². The number of carbonyl (C=O) groups is 3. The molecule has 3 heterocycles. The number of esters is 1. The zero-order valence-electron chi connectivity index (χ0n) is 23.9. The summed E-state index contributed by atoms with van der Waals surface area (Å²) < 4.78 is 11.9. The van der Waals surface area contributed by atoms with E-state index in [1.165, 1.54) is 11.3 Å². The average Bonchev–Trinajstić information content (AvgIpc) is 3.64. The number of methoxy groups -OCH3 is 1. The van der Waals surface area contributed by atoms with E-state index in [9.17, 15) is 14.4 Å². The minimum atomic E-state index is -0.407. The molecule has 0 spiro atoms. The predicted octanol–water partition coefficient (Wildman–Crippen LogP) is 4.87. The van der Waals surface area contributed by atoms with Crippen molar-refractivity contribution in [2.75, 3.05) is 38.7 Å². The molecule has 0 radical (unpaired) electrons. The lowest BCUT2D eigenvalue weighted by Gasteiger charge is -2.39. The first kappa shape index (κ1) is 28.8. The van der Waals surface area contributed by atoms with Crippen molar-refractivity contribution in [3.05, 3.63) is 76.9 Å². The molecule has 12 heteroatoms. The molecular weight excluding hydrogens is 556 g/mol. The molecule has 1 aliphatic rings. The molecule has 42 heavy (non-hydrogen) atoms. The molecule has 218 valence electrons. The maximum Gasteiger partial charge on any atom is 0.338 e. The highest BCUT2D eigenvalue weighted by atomic mass is 32.1. The standard InChI is InChI=1S/C30H32N6O5S/c1-5-41-28(38)22-6-10-23(11-7-22)32-29(39)35-15-14-34(17-19(35)2)27(37)25-16-31-36(20(25)3)30-33-26(18-42-30)21-8-12-24(40-4)13-9-21/h6-13,16,18-19H,5,14-15,17H2,1-4H3,(H,32,39). The normalized spacial score (nSPS) is 14.9. The van der Waals surface area contributed by atoms with Crippen molar-refractivity contribution in [3.63, 3.8) is 0 Å². The van der Waals surface area contributed by atoms with Crippen LogP contribution in [0.2, 0.25) is 0 Å². The summed E-state index contributed by atoms with van der Waals surface area (Å²) in [6.45, 7) is 6.97. The van der Waals surface area contributed by atoms with Gasteiger partial charge >= 0.3 is 12.0 Å². The molecule has 0 saturated carbocycles. The first-order valence-corrected chi connectivity index (χ1v) is 14.5. The Balaban J connectivity index is 1.21. The summed E-state index contributed by atoms with van der Waals surface area (Å²) in [7, 11) is 1.63. The third-order valence-corrected chi connectivity index (χ3v) is 7.94. The first-order chi connectivity index (χ1) is 20.3. The number of hydrogen-bond acceptors (Lipinski definition) is 8. The van der Waals surface area contributed by atoms with Gasteiger partial charge in [0.2, 0.25) is 5.13 Å². The van der Waals surface area contributed by atoms with Crippen LogP contribution in [-0.4, -0.2) is 81.9 Å². The Morgan fingerprint density at radius 2 is 1.81 bits per heavy atom. The molecule has 3 amide bonds. The number of piperazine rings is 1. The first-order valence-electron chi connectivity index (χ1n) is 13.6. The minimum Gasteiger partial charge on any atom is -0.497 e. The third kappa shape index (κ3) is 5.98. The molecule has 1 unspecified atom stereocenters. The second kappa shape index (κ2) is 12.4. The second-order valence-electron chi connectivity index (χ2n) is 9.82. The van der Waals surface area contributed by atoms with E-state index in [0.717, 1.165) is 17.0 Å². The fourth-order valence-electron chi connectivity index (χ4n) is 4.78. The van der Waals surface area contributed by atoms with Crippen molar-refractivity contribution in [2.24, 2.45) is 0 Å². The highest BCUT2D eigenvalue weighted by Gasteiger charge is 2.32. The maximum atomic E-state index is 13.5. The largest absolute Gasteiger partial charge is 0.497 e. The number of rotatable bonds is 7. The number of nitrogens with zero attached hydrogens (tertiary/aromatic N) is 5. The van der Waals surface area contributed by atoms with Crippen LogP contribution in [0.15, 0.2) is 60.1 Å². The van der Waals surface area contributed by atoms with Gasteiger partial charge in [0, 0.05) is 42.3 Å². The smallest absolute Gasteiger partial charge is 0.338 e. The van der Waals surface area contributed by atoms with Gasteiger partial charge in [-0.05, 0) is 69.3 Å². The molecule has 2 aromatic heterocycles. The fraction of sp³-hybridized carbons (Fsp3) is 0.300. The van der Waals surface area contributed by atoms with Crippen LogP contribution in [0.5, 0.6) is 5.75 Å². The van der Waals surface area contributed by atoms with Crippen molar-refractivity contribution in [3.8, 4) is 22.1 Å². The summed E-state index contributed by atoms with van der Waals surface area (Å²) >= 11 is 1.45. The molecule has 1 aliphatic heterocycles. The lowest BCUT2D eigenvalue weighted by Crippen LogP contribution is -2.56. The average molecular weight is 589 g/mol. The van der Waals surface area contributed by atoms with E-state index >= 15 is 0 Å². The number of aromatic nitrogens is 3. The lowest BCUT2D eigenvalue weighted by molar-refractivity contribution is 0.0525. The molecule has 1 N–H and O–H groups in total. The van der Waals surface area contributed by atoms with E-state index in [1.54, 1.807) is 59.0 Å². The van der Waals surface area contributed by atoms with Gasteiger partial charge in [-0.1, -0.05) is 0 Å². The van der Waals surface area contributed by atoms with Gasteiger partial charge in [0.1, 0.15) is 5.75 Å². The van der Waals surface area contributed by atoms with E-state index in [-0.39, 0.29) is 18.0 Å². The van der Waals surface area contributed by atoms with Crippen LogP contribution in [0, 0.1) is 6.92 Å². The van der Waals surface area contributed by atoms with Crippen LogP contribution in [0.25, 0.3) is 16.4 Å². The van der Waals surface area contributed by atoms with Crippen molar-refractivity contribution in [2.45, 2.75) is 26.8 Å². The summed E-state index contributed by atoms with van der Waals surface area (Å²) in [5.41, 5.74) is 3.97. The summed E-state index contributed by atoms with van der Waals surface area (Å²) in [5.74, 6) is 0.237. The van der Waals surface area contributed by atoms with Crippen molar-refractivity contribution < 1.29 is 23.9 Å². The minimum absolute atomic E-state index is 0.132. The van der Waals surface area contributed by atoms with E-state index in [4.69, 9.17) is 14.5 Å². The summed E-state index contributed by atoms with van der Waals surface area (Å²) in [6, 6.07) is 13.8. The molecule has 4 aromatic rings. The third-order valence-electron chi connectivity index (χ3n) is 7.12. The Labute approximate surface area is 247 Å². The van der Waals surface area contributed by atoms with E-state index in [0.29, 0.717) is 53.9 Å². The molecular formula is C30H32N6O5S. The Morgan fingerprint density at radius 1 is 1.07 bits per heavy atom. The second-order valence-corrected chi connectivity index (χ2v) is 10.7. The van der Waals surface area contributed by atoms with Gasteiger partial charge in [0.05, 0.1) is 42.4 Å². The quantitative estimate of drug-likeness (QED) is 0.306. The summed E-state index contributed by atoms with van der Waals surface area (Å²) in [6.07, 6.45) is 1.58. The molecule has 0 bridgehead atoms. The van der Waals surface area contributed by atoms with E-state index < -0.39 is 5.97 Å². The number of nitrogens with one attached hydrogen (secondary N) is 1. The number of thiazole rings is 1. The van der Waals surface area contributed by atoms with Crippen LogP contribution in [0.4, 0.5) is 10.5 Å². The molecule has 1 saturated heterocycles. The van der Waals surface area contributed by atoms with Gasteiger partial charge in [0.25, 0.3) is 5.91 Å². The van der Waals surface area contributed by atoms with Gasteiger partial charge in [-0.2, -0.15) is 5.10 Å². The van der Waals surface area contributed by atoms with E-state index in [1.807, 2.05) is 43.5 Å². The summed E-state index contributed by atoms with van der Waals surface area (Å²) in [5, 5.41) is 9.97. The maximum absolute atomic E-state index is 13.5. The topological polar surface area (TPSA) is 119 Å². The summed E-state index contributed by atoms with van der Waals surface area (Å²) in [4.78, 5) is 46.5. The number of carbonyl (C=O) groups excluding carboxylic acids is 3. The highest BCUT2D eigenvalue weighted by molar-refractivity contribution is 7.12. The van der Waals surface area contributed by atoms with Crippen LogP contribution in [0.1, 0.15) is 40.3 Å². The zero-order valence-corrected chi connectivity index (χ0v) is 24.7. The Hall–Kier alpha value is -4.71. The van der Waals surface area contributed by atoms with Crippen molar-refractivity contribution >= 4 is 34.9 Å². The monoisotopic (exact) mass is 588 g/mol. The van der Waals surface area contributed by atoms with Crippen LogP contribution >= 0.6 is 11.3 Å². The van der Waals surface area contributed by atoms with Crippen LogP contribution < -0.4 is 10.1 Å².